The summed E-state index contributed by atoms with van der Waals surface area (Å²) in [5.41, 5.74) is 0.272. The summed E-state index contributed by atoms with van der Waals surface area (Å²) in [4.78, 5) is 26.3. The topological polar surface area (TPSA) is 124 Å². The number of carbonyl (C=O) groups excluding carboxylic acids is 2. The van der Waals surface area contributed by atoms with Gasteiger partial charge in [-0.05, 0) is 31.0 Å². The molecule has 0 saturated heterocycles. The number of sulfonamides is 1. The zero-order valence-corrected chi connectivity index (χ0v) is 20.7. The molecule has 3 rings (SSSR count). The monoisotopic (exact) mass is 494 g/mol. The van der Waals surface area contributed by atoms with E-state index in [1.807, 2.05) is 0 Å². The van der Waals surface area contributed by atoms with E-state index in [2.05, 4.69) is 4.72 Å². The third-order valence-electron chi connectivity index (χ3n) is 5.39. The number of rotatable bonds is 8. The van der Waals surface area contributed by atoms with Crippen LogP contribution in [0.4, 0.5) is 0 Å². The molecule has 0 aliphatic carbocycles. The number of fused-ring (bicyclic) bond motifs is 1. The molecule has 34 heavy (non-hydrogen) atoms. The number of ether oxygens (including phenoxy) is 3. The molecule has 0 bridgehead atoms. The van der Waals surface area contributed by atoms with Crippen molar-refractivity contribution in [3.63, 3.8) is 0 Å². The second-order valence-electron chi connectivity index (χ2n) is 8.37. The van der Waals surface area contributed by atoms with Crippen molar-refractivity contribution in [2.24, 2.45) is 5.92 Å². The molecule has 1 aliphatic rings. The maximum atomic E-state index is 13.2. The lowest BCUT2D eigenvalue weighted by atomic mass is 10.0. The Labute approximate surface area is 199 Å². The number of likely N-dealkylation sites (N-methyl/N-ethyl adjacent to an activating group) is 1. The lowest BCUT2D eigenvalue weighted by Gasteiger charge is -2.26. The van der Waals surface area contributed by atoms with E-state index < -0.39 is 27.9 Å². The summed E-state index contributed by atoms with van der Waals surface area (Å²) < 4.78 is 50.2. The van der Waals surface area contributed by atoms with Crippen LogP contribution in [0.3, 0.4) is 0 Å². The highest BCUT2D eigenvalue weighted by atomic mass is 32.2. The molecule has 0 spiro atoms. The first kappa shape index (κ1) is 25.6. The Kier molecular flexibility index (Phi) is 7.88. The van der Waals surface area contributed by atoms with Crippen molar-refractivity contribution in [1.29, 1.82) is 0 Å². The van der Waals surface area contributed by atoms with E-state index in [-0.39, 0.29) is 22.9 Å². The highest BCUT2D eigenvalue weighted by molar-refractivity contribution is 7.89. The number of nitrogens with zero attached hydrogens (tertiary/aromatic N) is 1. The fourth-order valence-corrected chi connectivity index (χ4v) is 4.85. The van der Waals surface area contributed by atoms with Crippen molar-refractivity contribution in [1.82, 2.24) is 9.62 Å². The van der Waals surface area contributed by atoms with Gasteiger partial charge in [-0.25, -0.2) is 13.2 Å². The van der Waals surface area contributed by atoms with Crippen LogP contribution in [0.5, 0.6) is 11.5 Å². The molecule has 1 aromatic carbocycles. The molecule has 2 heterocycles. The number of aryl methyl sites for hydroxylation is 1. The molecular weight excluding hydrogens is 464 g/mol. The smallest absolute Gasteiger partial charge is 0.341 e. The molecule has 1 aromatic heterocycles. The van der Waals surface area contributed by atoms with Gasteiger partial charge in [0.15, 0.2) is 11.5 Å². The average molecular weight is 495 g/mol. The Morgan fingerprint density at radius 3 is 2.47 bits per heavy atom. The molecule has 0 radical (unpaired) electrons. The fourth-order valence-electron chi connectivity index (χ4n) is 3.50. The van der Waals surface area contributed by atoms with Crippen LogP contribution in [-0.4, -0.2) is 58.6 Å². The van der Waals surface area contributed by atoms with E-state index in [9.17, 15) is 18.0 Å². The zero-order valence-electron chi connectivity index (χ0n) is 19.9. The molecule has 0 fully saturated rings. The lowest BCUT2D eigenvalue weighted by Crippen LogP contribution is -2.49. The molecule has 0 saturated carbocycles. The minimum Gasteiger partial charge on any atom is -0.490 e. The van der Waals surface area contributed by atoms with Crippen molar-refractivity contribution >= 4 is 21.9 Å². The number of benzene rings is 1. The van der Waals surface area contributed by atoms with Crippen LogP contribution in [-0.2, 0) is 26.1 Å². The molecule has 11 heteroatoms. The van der Waals surface area contributed by atoms with Crippen LogP contribution in [0.2, 0.25) is 0 Å². The molecule has 2 aromatic rings. The van der Waals surface area contributed by atoms with Crippen molar-refractivity contribution in [2.45, 2.75) is 44.7 Å². The van der Waals surface area contributed by atoms with Gasteiger partial charge >= 0.3 is 5.97 Å². The summed E-state index contributed by atoms with van der Waals surface area (Å²) in [6.45, 7) is 6.08. The third kappa shape index (κ3) is 5.71. The number of amides is 1. The van der Waals surface area contributed by atoms with Crippen LogP contribution in [0.1, 0.15) is 42.1 Å². The largest absolute Gasteiger partial charge is 0.490 e. The standard InChI is InChI=1S/C23H30N2O8S/c1-14(2)21(22(26)25(4)13-16-11-18(15(3)33-16)23(27)30-5)24-34(28,29)17-7-8-19-20(12-17)32-10-6-9-31-19/h7-8,11-12,14,21,24H,6,9-10,13H2,1-5H3. The predicted molar refractivity (Wildman–Crippen MR) is 122 cm³/mol. The van der Waals surface area contributed by atoms with E-state index in [1.165, 1.54) is 37.3 Å². The number of esters is 1. The van der Waals surface area contributed by atoms with Crippen LogP contribution >= 0.6 is 0 Å². The van der Waals surface area contributed by atoms with Gasteiger partial charge in [0.25, 0.3) is 0 Å². The van der Waals surface area contributed by atoms with Gasteiger partial charge in [0, 0.05) is 19.5 Å². The van der Waals surface area contributed by atoms with E-state index in [4.69, 9.17) is 18.6 Å². The Hall–Kier alpha value is -3.05. The van der Waals surface area contributed by atoms with Gasteiger partial charge in [0.1, 0.15) is 23.1 Å². The second-order valence-corrected chi connectivity index (χ2v) is 10.1. The SMILES string of the molecule is COC(=O)c1cc(CN(C)C(=O)C(NS(=O)(=O)c2ccc3c(c2)OCCCO3)C(C)C)oc1C. The minimum absolute atomic E-state index is 0.0257. The molecule has 1 atom stereocenters. The fraction of sp³-hybridized carbons (Fsp3) is 0.478. The second kappa shape index (κ2) is 10.5. The summed E-state index contributed by atoms with van der Waals surface area (Å²) in [5.74, 6) is 0.257. The average Bonchev–Trinajstić information content (AvgIpc) is 3.00. The summed E-state index contributed by atoms with van der Waals surface area (Å²) in [6.07, 6.45) is 0.696. The van der Waals surface area contributed by atoms with Crippen LogP contribution in [0.15, 0.2) is 33.6 Å². The van der Waals surface area contributed by atoms with Gasteiger partial charge in [-0.1, -0.05) is 13.8 Å². The zero-order chi connectivity index (χ0) is 25.0. The quantitative estimate of drug-likeness (QED) is 0.555. The highest BCUT2D eigenvalue weighted by Gasteiger charge is 2.31. The van der Waals surface area contributed by atoms with E-state index in [0.29, 0.717) is 42.7 Å². The maximum absolute atomic E-state index is 13.2. The van der Waals surface area contributed by atoms with Crippen LogP contribution in [0, 0.1) is 12.8 Å². The first-order chi connectivity index (χ1) is 16.0. The number of carbonyl (C=O) groups is 2. The summed E-state index contributed by atoms with van der Waals surface area (Å²) >= 11 is 0. The van der Waals surface area contributed by atoms with Gasteiger partial charge in [0.05, 0.1) is 31.8 Å². The van der Waals surface area contributed by atoms with E-state index >= 15 is 0 Å². The first-order valence-electron chi connectivity index (χ1n) is 10.9. The Morgan fingerprint density at radius 1 is 1.15 bits per heavy atom. The van der Waals surface area contributed by atoms with Gasteiger partial charge in [-0.3, -0.25) is 4.79 Å². The van der Waals surface area contributed by atoms with Crippen molar-refractivity contribution < 1.29 is 36.6 Å². The summed E-state index contributed by atoms with van der Waals surface area (Å²) in [5, 5.41) is 0. The Balaban J connectivity index is 1.77. The number of methoxy groups -OCH3 is 1. The molecule has 1 unspecified atom stereocenters. The maximum Gasteiger partial charge on any atom is 0.341 e. The number of nitrogens with one attached hydrogen (secondary N) is 1. The van der Waals surface area contributed by atoms with Gasteiger partial charge in [-0.2, -0.15) is 4.72 Å². The number of furan rings is 1. The molecule has 186 valence electrons. The predicted octanol–water partition coefficient (Wildman–Crippen LogP) is 2.50. The van der Waals surface area contributed by atoms with Crippen molar-refractivity contribution in [3.8, 4) is 11.5 Å². The van der Waals surface area contributed by atoms with Gasteiger partial charge in [0.2, 0.25) is 15.9 Å². The Morgan fingerprint density at radius 2 is 1.82 bits per heavy atom. The van der Waals surface area contributed by atoms with Crippen molar-refractivity contribution in [3.05, 3.63) is 41.3 Å². The van der Waals surface area contributed by atoms with Gasteiger partial charge < -0.3 is 23.5 Å². The molecular formula is C23H30N2O8S. The molecule has 1 N–H and O–H groups in total. The minimum atomic E-state index is -4.04. The first-order valence-corrected chi connectivity index (χ1v) is 12.4. The van der Waals surface area contributed by atoms with Crippen LogP contribution in [0.25, 0.3) is 0 Å². The van der Waals surface area contributed by atoms with Gasteiger partial charge in [-0.15, -0.1) is 0 Å². The Bertz CT molecular complexity index is 1160. The number of hydrogen-bond acceptors (Lipinski definition) is 8. The van der Waals surface area contributed by atoms with E-state index in [0.717, 1.165) is 0 Å². The van der Waals surface area contributed by atoms with E-state index in [1.54, 1.807) is 26.8 Å². The molecule has 1 aliphatic heterocycles. The molecule has 1 amide bonds. The van der Waals surface area contributed by atoms with Crippen LogP contribution < -0.4 is 14.2 Å². The normalized spacial score (nSPS) is 14.4. The summed E-state index contributed by atoms with van der Waals surface area (Å²) in [6, 6.07) is 4.85. The lowest BCUT2D eigenvalue weighted by molar-refractivity contribution is -0.133. The number of hydrogen-bond donors (Lipinski definition) is 1. The highest BCUT2D eigenvalue weighted by Crippen LogP contribution is 2.32. The van der Waals surface area contributed by atoms with Crippen molar-refractivity contribution in [2.75, 3.05) is 27.4 Å². The summed E-state index contributed by atoms with van der Waals surface area (Å²) in [7, 11) is -1.23. The third-order valence-corrected chi connectivity index (χ3v) is 6.83. The molecule has 10 nitrogen and oxygen atoms in total.